The van der Waals surface area contributed by atoms with Gasteiger partial charge in [-0.25, -0.2) is 8.42 Å². The average molecular weight is 400 g/mol. The predicted molar refractivity (Wildman–Crippen MR) is 92.0 cm³/mol. The van der Waals surface area contributed by atoms with Crippen LogP contribution in [0.3, 0.4) is 0 Å². The molecule has 1 saturated carbocycles. The van der Waals surface area contributed by atoms with Gasteiger partial charge in [-0.05, 0) is 38.5 Å². The molecule has 7 nitrogen and oxygen atoms in total. The van der Waals surface area contributed by atoms with Crippen molar-refractivity contribution in [3.8, 4) is 0 Å². The highest BCUT2D eigenvalue weighted by molar-refractivity contribution is 7.90. The van der Waals surface area contributed by atoms with Crippen molar-refractivity contribution >= 4 is 16.0 Å². The third kappa shape index (κ3) is 5.23. The van der Waals surface area contributed by atoms with Crippen LogP contribution < -0.4 is 10.6 Å². The molecule has 0 aromatic heterocycles. The van der Waals surface area contributed by atoms with Crippen LogP contribution in [0, 0.1) is 11.3 Å². The Labute approximate surface area is 152 Å². The Kier molecular flexibility index (Phi) is 6.78. The molecule has 152 valence electrons. The van der Waals surface area contributed by atoms with Gasteiger partial charge in [0.05, 0.1) is 13.2 Å². The van der Waals surface area contributed by atoms with E-state index in [2.05, 4.69) is 15.6 Å². The maximum Gasteiger partial charge on any atom is 0.511 e. The molecule has 1 aliphatic carbocycles. The molecule has 1 saturated heterocycles. The van der Waals surface area contributed by atoms with Crippen molar-refractivity contribution in [2.75, 3.05) is 39.3 Å². The first-order valence-electron chi connectivity index (χ1n) is 8.83. The molecule has 3 N–H and O–H groups in total. The van der Waals surface area contributed by atoms with Crippen molar-refractivity contribution in [2.24, 2.45) is 16.3 Å². The summed E-state index contributed by atoms with van der Waals surface area (Å²) in [7, 11) is -5.23. The molecule has 26 heavy (non-hydrogen) atoms. The zero-order chi connectivity index (χ0) is 19.4. The number of nitrogens with zero attached hydrogens (tertiary/aromatic N) is 2. The van der Waals surface area contributed by atoms with Crippen LogP contribution in [0.4, 0.5) is 13.2 Å². The first-order valence-corrected chi connectivity index (χ1v) is 10.3. The van der Waals surface area contributed by atoms with Crippen LogP contribution in [0.15, 0.2) is 4.99 Å². The van der Waals surface area contributed by atoms with Crippen LogP contribution in [0.25, 0.3) is 0 Å². The second-order valence-electron chi connectivity index (χ2n) is 7.03. The molecule has 0 aromatic rings. The van der Waals surface area contributed by atoms with E-state index in [9.17, 15) is 26.7 Å². The van der Waals surface area contributed by atoms with E-state index in [0.717, 1.165) is 12.8 Å². The zero-order valence-corrected chi connectivity index (χ0v) is 15.7. The Hall–Kier alpha value is -1.07. The molecule has 2 rings (SSSR count). The second kappa shape index (κ2) is 8.30. The monoisotopic (exact) mass is 400 g/mol. The third-order valence-electron chi connectivity index (χ3n) is 4.97. The van der Waals surface area contributed by atoms with Gasteiger partial charge in [-0.2, -0.15) is 17.5 Å². The van der Waals surface area contributed by atoms with Crippen LogP contribution in [0.5, 0.6) is 0 Å². The molecule has 2 fully saturated rings. The van der Waals surface area contributed by atoms with E-state index in [-0.39, 0.29) is 31.0 Å². The van der Waals surface area contributed by atoms with Gasteiger partial charge in [0.1, 0.15) is 0 Å². The van der Waals surface area contributed by atoms with E-state index < -0.39 is 15.5 Å². The van der Waals surface area contributed by atoms with Gasteiger partial charge in [0.25, 0.3) is 0 Å². The number of aliphatic hydroxyl groups excluding tert-OH is 1. The summed E-state index contributed by atoms with van der Waals surface area (Å²) in [5.74, 6) is 0.684. The van der Waals surface area contributed by atoms with Crippen molar-refractivity contribution in [2.45, 2.75) is 38.1 Å². The SMILES string of the molecule is CCNC(=NCC1(CO)CC1)NCC1CCN(S(=O)(=O)C(F)(F)F)CC1. The fraction of sp³-hybridized carbons (Fsp3) is 0.933. The molecule has 1 heterocycles. The molecule has 0 spiro atoms. The van der Waals surface area contributed by atoms with Gasteiger partial charge in [0.15, 0.2) is 5.96 Å². The van der Waals surface area contributed by atoms with E-state index in [4.69, 9.17) is 0 Å². The summed E-state index contributed by atoms with van der Waals surface area (Å²) in [4.78, 5) is 4.47. The number of hydrogen-bond donors (Lipinski definition) is 3. The van der Waals surface area contributed by atoms with Gasteiger partial charge in [-0.1, -0.05) is 0 Å². The molecule has 1 aliphatic heterocycles. The topological polar surface area (TPSA) is 94.0 Å². The van der Waals surface area contributed by atoms with Crippen LogP contribution in [-0.2, 0) is 10.0 Å². The predicted octanol–water partition coefficient (Wildman–Crippen LogP) is 0.876. The number of sulfonamides is 1. The van der Waals surface area contributed by atoms with E-state index in [0.29, 0.717) is 42.7 Å². The van der Waals surface area contributed by atoms with Gasteiger partial charge in [0.2, 0.25) is 0 Å². The minimum atomic E-state index is -5.24. The molecule has 0 unspecified atom stereocenters. The molecular formula is C15H27F3N4O3S. The Balaban J connectivity index is 1.81. The Morgan fingerprint density at radius 3 is 2.35 bits per heavy atom. The third-order valence-corrected chi connectivity index (χ3v) is 6.60. The average Bonchev–Trinajstić information content (AvgIpc) is 3.37. The number of rotatable bonds is 7. The van der Waals surface area contributed by atoms with E-state index in [1.165, 1.54) is 0 Å². The highest BCUT2D eigenvalue weighted by Crippen LogP contribution is 2.45. The summed E-state index contributed by atoms with van der Waals surface area (Å²) in [6.45, 7) is 3.49. The molecule has 0 bridgehead atoms. The number of guanidine groups is 1. The van der Waals surface area contributed by atoms with Crippen molar-refractivity contribution in [3.63, 3.8) is 0 Å². The first-order chi connectivity index (χ1) is 12.1. The van der Waals surface area contributed by atoms with Crippen LogP contribution in [0.1, 0.15) is 32.6 Å². The molecule has 0 atom stereocenters. The number of halogens is 3. The quantitative estimate of drug-likeness (QED) is 0.436. The molecule has 0 amide bonds. The Morgan fingerprint density at radius 1 is 1.27 bits per heavy atom. The number of hydrogen-bond acceptors (Lipinski definition) is 4. The molecular weight excluding hydrogens is 373 g/mol. The smallest absolute Gasteiger partial charge is 0.396 e. The number of piperidine rings is 1. The minimum Gasteiger partial charge on any atom is -0.396 e. The number of nitrogens with one attached hydrogen (secondary N) is 2. The van der Waals surface area contributed by atoms with Gasteiger partial charge in [-0.3, -0.25) is 4.99 Å². The maximum atomic E-state index is 12.6. The molecule has 0 radical (unpaired) electrons. The fourth-order valence-electron chi connectivity index (χ4n) is 2.87. The van der Waals surface area contributed by atoms with E-state index >= 15 is 0 Å². The summed E-state index contributed by atoms with van der Waals surface area (Å²) < 4.78 is 61.1. The summed E-state index contributed by atoms with van der Waals surface area (Å²) in [5, 5.41) is 15.6. The summed E-state index contributed by atoms with van der Waals surface area (Å²) in [6, 6.07) is 0. The second-order valence-corrected chi connectivity index (χ2v) is 8.96. The van der Waals surface area contributed by atoms with Crippen molar-refractivity contribution < 1.29 is 26.7 Å². The van der Waals surface area contributed by atoms with E-state index in [1.807, 2.05) is 6.92 Å². The molecule has 2 aliphatic rings. The molecule has 0 aromatic carbocycles. The van der Waals surface area contributed by atoms with Crippen LogP contribution >= 0.6 is 0 Å². The zero-order valence-electron chi connectivity index (χ0n) is 14.8. The number of alkyl halides is 3. The minimum absolute atomic E-state index is 0.0752. The Morgan fingerprint density at radius 2 is 1.88 bits per heavy atom. The van der Waals surface area contributed by atoms with E-state index in [1.54, 1.807) is 0 Å². The largest absolute Gasteiger partial charge is 0.511 e. The van der Waals surface area contributed by atoms with Gasteiger partial charge in [0, 0.05) is 31.6 Å². The number of aliphatic imine (C=N–C) groups is 1. The lowest BCUT2D eigenvalue weighted by Gasteiger charge is -2.31. The standard InChI is InChI=1S/C15H27F3N4O3S/c1-2-19-13(21-10-14(11-23)5-6-14)20-9-12-3-7-22(8-4-12)26(24,25)15(16,17)18/h12,23H,2-11H2,1H3,(H2,19,20,21). The lowest BCUT2D eigenvalue weighted by molar-refractivity contribution is -0.0496. The van der Waals surface area contributed by atoms with Crippen molar-refractivity contribution in [1.29, 1.82) is 0 Å². The lowest BCUT2D eigenvalue weighted by atomic mass is 9.98. The maximum absolute atomic E-state index is 12.6. The summed E-state index contributed by atoms with van der Waals surface area (Å²) >= 11 is 0. The van der Waals surface area contributed by atoms with Crippen molar-refractivity contribution in [3.05, 3.63) is 0 Å². The van der Waals surface area contributed by atoms with Crippen molar-refractivity contribution in [1.82, 2.24) is 14.9 Å². The summed E-state index contributed by atoms with van der Waals surface area (Å²) in [5.41, 5.74) is -5.34. The first kappa shape index (κ1) is 21.2. The van der Waals surface area contributed by atoms with Crippen LogP contribution in [0.2, 0.25) is 0 Å². The molecule has 11 heteroatoms. The highest BCUT2D eigenvalue weighted by atomic mass is 32.2. The summed E-state index contributed by atoms with van der Waals surface area (Å²) in [6.07, 6.45) is 2.64. The normalized spacial score (nSPS) is 22.3. The van der Waals surface area contributed by atoms with Gasteiger partial charge >= 0.3 is 15.5 Å². The van der Waals surface area contributed by atoms with Gasteiger partial charge in [-0.15, -0.1) is 0 Å². The van der Waals surface area contributed by atoms with Crippen LogP contribution in [-0.4, -0.2) is 68.6 Å². The van der Waals surface area contributed by atoms with Gasteiger partial charge < -0.3 is 15.7 Å². The lowest BCUT2D eigenvalue weighted by Crippen LogP contribution is -2.47. The Bertz CT molecular complexity index is 598. The number of aliphatic hydroxyl groups is 1. The fourth-order valence-corrected chi connectivity index (χ4v) is 3.86. The highest BCUT2D eigenvalue weighted by Gasteiger charge is 2.50.